The zero-order valence-corrected chi connectivity index (χ0v) is 7.27. The molecule has 0 amide bonds. The fourth-order valence-corrected chi connectivity index (χ4v) is 1.46. The Morgan fingerprint density at radius 1 is 1.21 bits per heavy atom. The zero-order valence-electron chi connectivity index (χ0n) is 7.27. The molecular weight excluding hydrogens is 178 g/mol. The molecule has 0 fully saturated rings. The Morgan fingerprint density at radius 2 is 2.21 bits per heavy atom. The van der Waals surface area contributed by atoms with E-state index in [9.17, 15) is 0 Å². The highest BCUT2D eigenvalue weighted by atomic mass is 16.3. The first-order valence-electron chi connectivity index (χ1n) is 4.26. The number of rotatable bonds is 1. The molecule has 1 aromatic carbocycles. The summed E-state index contributed by atoms with van der Waals surface area (Å²) in [6.07, 6.45) is 3.17. The number of fused-ring (bicyclic) bond motifs is 1. The molecule has 2 heterocycles. The van der Waals surface area contributed by atoms with Gasteiger partial charge in [0.15, 0.2) is 5.82 Å². The average molecular weight is 185 g/mol. The van der Waals surface area contributed by atoms with Crippen LogP contribution >= 0.6 is 0 Å². The lowest BCUT2D eigenvalue weighted by molar-refractivity contribution is 0.616. The first kappa shape index (κ1) is 7.32. The van der Waals surface area contributed by atoms with E-state index in [-0.39, 0.29) is 0 Å². The van der Waals surface area contributed by atoms with Crippen LogP contribution in [0.25, 0.3) is 22.4 Å². The number of nitrogens with zero attached hydrogens (tertiary/aromatic N) is 2. The zero-order chi connectivity index (χ0) is 9.38. The van der Waals surface area contributed by atoms with Crippen molar-refractivity contribution in [2.75, 3.05) is 0 Å². The van der Waals surface area contributed by atoms with Crippen LogP contribution in [-0.2, 0) is 0 Å². The minimum Gasteiger partial charge on any atom is -0.464 e. The third kappa shape index (κ3) is 1.01. The molecule has 4 heteroatoms. The Morgan fingerprint density at radius 3 is 3.07 bits per heavy atom. The van der Waals surface area contributed by atoms with Gasteiger partial charge in [0.1, 0.15) is 11.9 Å². The topological polar surface area (TPSA) is 54.7 Å². The minimum atomic E-state index is 0.771. The summed E-state index contributed by atoms with van der Waals surface area (Å²) in [6, 6.07) is 7.81. The van der Waals surface area contributed by atoms with Crippen molar-refractivity contribution in [3.8, 4) is 11.4 Å². The van der Waals surface area contributed by atoms with Gasteiger partial charge in [0.2, 0.25) is 0 Å². The summed E-state index contributed by atoms with van der Waals surface area (Å²) in [6.45, 7) is 0. The van der Waals surface area contributed by atoms with Crippen molar-refractivity contribution in [2.45, 2.75) is 0 Å². The Balaban J connectivity index is 2.23. The summed E-state index contributed by atoms with van der Waals surface area (Å²) >= 11 is 0. The van der Waals surface area contributed by atoms with Gasteiger partial charge in [0.05, 0.1) is 6.26 Å². The maximum absolute atomic E-state index is 5.24. The fourth-order valence-electron chi connectivity index (χ4n) is 1.46. The van der Waals surface area contributed by atoms with Crippen molar-refractivity contribution in [3.63, 3.8) is 0 Å². The van der Waals surface area contributed by atoms with Crippen molar-refractivity contribution in [2.24, 2.45) is 0 Å². The predicted octanol–water partition coefficient (Wildman–Crippen LogP) is 2.22. The van der Waals surface area contributed by atoms with Gasteiger partial charge >= 0.3 is 0 Å². The van der Waals surface area contributed by atoms with E-state index in [0.29, 0.717) is 0 Å². The highest BCUT2D eigenvalue weighted by molar-refractivity contribution is 5.81. The van der Waals surface area contributed by atoms with Gasteiger partial charge in [-0.3, -0.25) is 5.10 Å². The summed E-state index contributed by atoms with van der Waals surface area (Å²) in [5, 5.41) is 7.69. The van der Waals surface area contributed by atoms with Gasteiger partial charge < -0.3 is 4.42 Å². The summed E-state index contributed by atoms with van der Waals surface area (Å²) in [5.74, 6) is 0.771. The van der Waals surface area contributed by atoms with Crippen LogP contribution in [0.2, 0.25) is 0 Å². The quantitative estimate of drug-likeness (QED) is 0.632. The highest BCUT2D eigenvalue weighted by Gasteiger charge is 2.02. The number of H-pyrrole nitrogens is 1. The van der Waals surface area contributed by atoms with Crippen LogP contribution in [0.3, 0.4) is 0 Å². The second kappa shape index (κ2) is 2.70. The smallest absolute Gasteiger partial charge is 0.155 e. The van der Waals surface area contributed by atoms with Crippen molar-refractivity contribution >= 4 is 11.0 Å². The van der Waals surface area contributed by atoms with Crippen LogP contribution < -0.4 is 0 Å². The molecule has 4 nitrogen and oxygen atoms in total. The molecule has 0 aliphatic carbocycles. The maximum Gasteiger partial charge on any atom is 0.155 e. The Bertz CT molecular complexity index is 554. The second-order valence-corrected chi connectivity index (χ2v) is 3.01. The first-order chi connectivity index (χ1) is 6.93. The molecule has 14 heavy (non-hydrogen) atoms. The van der Waals surface area contributed by atoms with Gasteiger partial charge in [-0.05, 0) is 24.3 Å². The lowest BCUT2D eigenvalue weighted by Crippen LogP contribution is -1.79. The number of aromatic amines is 1. The lowest BCUT2D eigenvalue weighted by atomic mass is 10.1. The van der Waals surface area contributed by atoms with E-state index >= 15 is 0 Å². The second-order valence-electron chi connectivity index (χ2n) is 3.01. The van der Waals surface area contributed by atoms with Gasteiger partial charge in [-0.1, -0.05) is 0 Å². The van der Waals surface area contributed by atoms with E-state index in [1.165, 1.54) is 6.33 Å². The molecule has 0 aliphatic heterocycles. The molecule has 0 atom stereocenters. The number of hydrogen-bond acceptors (Lipinski definition) is 3. The van der Waals surface area contributed by atoms with E-state index in [4.69, 9.17) is 4.42 Å². The van der Waals surface area contributed by atoms with Gasteiger partial charge in [0.25, 0.3) is 0 Å². The van der Waals surface area contributed by atoms with Crippen molar-refractivity contribution in [1.82, 2.24) is 15.2 Å². The van der Waals surface area contributed by atoms with E-state index < -0.39 is 0 Å². The van der Waals surface area contributed by atoms with Crippen LogP contribution in [0, 0.1) is 0 Å². The Kier molecular flexibility index (Phi) is 1.41. The number of aromatic nitrogens is 3. The number of furan rings is 1. The molecule has 3 rings (SSSR count). The molecule has 0 spiro atoms. The molecule has 0 unspecified atom stereocenters. The molecule has 0 radical (unpaired) electrons. The van der Waals surface area contributed by atoms with E-state index in [0.717, 1.165) is 22.4 Å². The highest BCUT2D eigenvalue weighted by Crippen LogP contribution is 2.21. The molecule has 0 aliphatic rings. The van der Waals surface area contributed by atoms with Crippen LogP contribution in [0.15, 0.2) is 41.3 Å². The molecule has 0 saturated heterocycles. The largest absolute Gasteiger partial charge is 0.464 e. The molecule has 0 saturated carbocycles. The average Bonchev–Trinajstić information content (AvgIpc) is 2.88. The van der Waals surface area contributed by atoms with Gasteiger partial charge in [-0.25, -0.2) is 4.98 Å². The number of benzene rings is 1. The number of nitrogens with one attached hydrogen (secondary N) is 1. The minimum absolute atomic E-state index is 0.771. The monoisotopic (exact) mass is 185 g/mol. The molecular formula is C10H7N3O. The maximum atomic E-state index is 5.24. The summed E-state index contributed by atoms with van der Waals surface area (Å²) in [4.78, 5) is 4.08. The van der Waals surface area contributed by atoms with Crippen LogP contribution in [-0.4, -0.2) is 15.2 Å². The summed E-state index contributed by atoms with van der Waals surface area (Å²) in [7, 11) is 0. The summed E-state index contributed by atoms with van der Waals surface area (Å²) < 4.78 is 5.24. The molecule has 3 aromatic rings. The third-order valence-corrected chi connectivity index (χ3v) is 2.14. The van der Waals surface area contributed by atoms with Crippen molar-refractivity contribution in [3.05, 3.63) is 36.9 Å². The lowest BCUT2D eigenvalue weighted by Gasteiger charge is -1.94. The molecule has 1 N–H and O–H groups in total. The first-order valence-corrected chi connectivity index (χ1v) is 4.26. The Labute approximate surface area is 79.6 Å². The SMILES string of the molecule is c1n[nH]c(-c2ccc3occc3c2)n1. The molecule has 0 bridgehead atoms. The fraction of sp³-hybridized carbons (Fsp3) is 0. The van der Waals surface area contributed by atoms with Crippen LogP contribution in [0.4, 0.5) is 0 Å². The summed E-state index contributed by atoms with van der Waals surface area (Å²) in [5.41, 5.74) is 1.89. The van der Waals surface area contributed by atoms with E-state index in [1.807, 2.05) is 24.3 Å². The van der Waals surface area contributed by atoms with E-state index in [1.54, 1.807) is 6.26 Å². The molecule has 2 aromatic heterocycles. The molecule has 68 valence electrons. The Hall–Kier alpha value is -2.10. The predicted molar refractivity (Wildman–Crippen MR) is 51.6 cm³/mol. The van der Waals surface area contributed by atoms with Crippen LogP contribution in [0.1, 0.15) is 0 Å². The normalized spacial score (nSPS) is 10.9. The van der Waals surface area contributed by atoms with Crippen molar-refractivity contribution in [1.29, 1.82) is 0 Å². The van der Waals surface area contributed by atoms with E-state index in [2.05, 4.69) is 15.2 Å². The number of hydrogen-bond donors (Lipinski definition) is 1. The van der Waals surface area contributed by atoms with Gasteiger partial charge in [0, 0.05) is 10.9 Å². The van der Waals surface area contributed by atoms with Gasteiger partial charge in [-0.2, -0.15) is 5.10 Å². The van der Waals surface area contributed by atoms with Crippen molar-refractivity contribution < 1.29 is 4.42 Å². The van der Waals surface area contributed by atoms with Crippen LogP contribution in [0.5, 0.6) is 0 Å². The van der Waals surface area contributed by atoms with Gasteiger partial charge in [-0.15, -0.1) is 0 Å². The third-order valence-electron chi connectivity index (χ3n) is 2.14. The standard InChI is InChI=1S/C10H7N3O/c1-2-9-7(3-4-14-9)5-8(1)10-11-6-12-13-10/h1-6H,(H,11,12,13).